The molecule has 0 aromatic carbocycles. The van der Waals surface area contributed by atoms with Gasteiger partial charge in [-0.1, -0.05) is 0 Å². The van der Waals surface area contributed by atoms with Crippen LogP contribution in [-0.2, 0) is 0 Å². The van der Waals surface area contributed by atoms with E-state index in [1.165, 1.54) is 0 Å². The highest BCUT2D eigenvalue weighted by molar-refractivity contribution is 5.38. The molecule has 1 fully saturated rings. The third-order valence-electron chi connectivity index (χ3n) is 3.52. The van der Waals surface area contributed by atoms with Gasteiger partial charge in [0.25, 0.3) is 0 Å². The normalized spacial score (nSPS) is 22.0. The van der Waals surface area contributed by atoms with Gasteiger partial charge in [0.15, 0.2) is 0 Å². The number of aliphatic hydroxyl groups excluding tert-OH is 1. The molecule has 0 unspecified atom stereocenters. The van der Waals surface area contributed by atoms with Crippen molar-refractivity contribution in [3.63, 3.8) is 0 Å². The van der Waals surface area contributed by atoms with E-state index in [2.05, 4.69) is 30.7 Å². The number of hydrogen-bond acceptors (Lipinski definition) is 8. The zero-order valence-electron chi connectivity index (χ0n) is 11.5. The number of nitrogen functional groups attached to an aromatic ring is 1. The molecule has 0 saturated heterocycles. The van der Waals surface area contributed by atoms with Crippen LogP contribution in [0.2, 0.25) is 0 Å². The number of nitrogens with zero attached hydrogens (tertiary/aromatic N) is 5. The number of imidazole rings is 1. The summed E-state index contributed by atoms with van der Waals surface area (Å²) in [6, 6.07) is 0.247. The van der Waals surface area contributed by atoms with E-state index < -0.39 is 0 Å². The SMILES string of the molecule is NNc1nc(NC2CCC(O)CC2)nc(-n2ccnc2)n1. The molecular formula is C12H18N8O. The quantitative estimate of drug-likeness (QED) is 0.460. The van der Waals surface area contributed by atoms with Crippen molar-refractivity contribution in [2.24, 2.45) is 5.84 Å². The Morgan fingerprint density at radius 2 is 1.90 bits per heavy atom. The summed E-state index contributed by atoms with van der Waals surface area (Å²) in [7, 11) is 0. The number of anilines is 2. The fourth-order valence-corrected chi connectivity index (χ4v) is 2.39. The van der Waals surface area contributed by atoms with Crippen LogP contribution in [0, 0.1) is 0 Å². The second-order valence-corrected chi connectivity index (χ2v) is 5.05. The summed E-state index contributed by atoms with van der Waals surface area (Å²) in [5.74, 6) is 6.59. The van der Waals surface area contributed by atoms with Crippen LogP contribution in [0.4, 0.5) is 11.9 Å². The van der Waals surface area contributed by atoms with Gasteiger partial charge in [-0.15, -0.1) is 0 Å². The largest absolute Gasteiger partial charge is 0.393 e. The average molecular weight is 290 g/mol. The highest BCUT2D eigenvalue weighted by Crippen LogP contribution is 2.21. The fraction of sp³-hybridized carbons (Fsp3) is 0.500. The Morgan fingerprint density at radius 1 is 1.14 bits per heavy atom. The van der Waals surface area contributed by atoms with Crippen LogP contribution in [-0.4, -0.2) is 41.8 Å². The zero-order valence-corrected chi connectivity index (χ0v) is 11.5. The molecule has 1 aliphatic rings. The molecule has 1 saturated carbocycles. The lowest BCUT2D eigenvalue weighted by molar-refractivity contribution is 0.126. The second kappa shape index (κ2) is 6.02. The van der Waals surface area contributed by atoms with Crippen LogP contribution in [0.25, 0.3) is 5.95 Å². The molecule has 2 aromatic rings. The molecule has 0 bridgehead atoms. The van der Waals surface area contributed by atoms with Crippen molar-refractivity contribution in [1.82, 2.24) is 24.5 Å². The smallest absolute Gasteiger partial charge is 0.243 e. The van der Waals surface area contributed by atoms with Gasteiger partial charge < -0.3 is 10.4 Å². The summed E-state index contributed by atoms with van der Waals surface area (Å²) in [4.78, 5) is 16.7. The van der Waals surface area contributed by atoms with Gasteiger partial charge in [-0.3, -0.25) is 9.99 Å². The van der Waals surface area contributed by atoms with Crippen molar-refractivity contribution in [3.05, 3.63) is 18.7 Å². The number of hydrazine groups is 1. The van der Waals surface area contributed by atoms with Crippen LogP contribution in [0.3, 0.4) is 0 Å². The van der Waals surface area contributed by atoms with E-state index in [-0.39, 0.29) is 18.1 Å². The average Bonchev–Trinajstić information content (AvgIpc) is 3.04. The summed E-state index contributed by atoms with van der Waals surface area (Å²) < 4.78 is 1.68. The molecule has 9 heteroatoms. The van der Waals surface area contributed by atoms with E-state index in [0.29, 0.717) is 11.9 Å². The molecule has 0 radical (unpaired) electrons. The van der Waals surface area contributed by atoms with Gasteiger partial charge >= 0.3 is 0 Å². The second-order valence-electron chi connectivity index (χ2n) is 5.05. The standard InChI is InChI=1S/C12H18N8O/c13-19-11-16-10(15-8-1-3-9(21)4-2-8)17-12(18-11)20-6-5-14-7-20/h5-9,21H,1-4,13H2,(H2,15,16,17,18,19). The van der Waals surface area contributed by atoms with E-state index in [0.717, 1.165) is 25.7 Å². The highest BCUT2D eigenvalue weighted by atomic mass is 16.3. The molecule has 0 amide bonds. The maximum atomic E-state index is 9.54. The lowest BCUT2D eigenvalue weighted by Gasteiger charge is -2.26. The fourth-order valence-electron chi connectivity index (χ4n) is 2.39. The predicted molar refractivity (Wildman–Crippen MR) is 76.6 cm³/mol. The molecule has 5 N–H and O–H groups in total. The molecule has 112 valence electrons. The van der Waals surface area contributed by atoms with Gasteiger partial charge in [0, 0.05) is 18.4 Å². The van der Waals surface area contributed by atoms with Crippen molar-refractivity contribution in [2.45, 2.75) is 37.8 Å². The first-order valence-corrected chi connectivity index (χ1v) is 6.90. The maximum Gasteiger partial charge on any atom is 0.243 e. The monoisotopic (exact) mass is 290 g/mol. The van der Waals surface area contributed by atoms with Crippen LogP contribution < -0.4 is 16.6 Å². The summed E-state index contributed by atoms with van der Waals surface area (Å²) in [5, 5.41) is 12.8. The van der Waals surface area contributed by atoms with Gasteiger partial charge in [0.2, 0.25) is 17.8 Å². The number of aromatic nitrogens is 5. The Labute approximate surface area is 121 Å². The molecule has 9 nitrogen and oxygen atoms in total. The first kappa shape index (κ1) is 13.7. The Balaban J connectivity index is 1.79. The first-order valence-electron chi connectivity index (χ1n) is 6.90. The zero-order chi connectivity index (χ0) is 14.7. The number of nitrogens with two attached hydrogens (primary N) is 1. The number of nitrogens with one attached hydrogen (secondary N) is 2. The number of aliphatic hydroxyl groups is 1. The van der Waals surface area contributed by atoms with Crippen molar-refractivity contribution in [1.29, 1.82) is 0 Å². The predicted octanol–water partition coefficient (Wildman–Crippen LogP) is 0.0583. The highest BCUT2D eigenvalue weighted by Gasteiger charge is 2.20. The minimum atomic E-state index is -0.191. The molecule has 2 aromatic heterocycles. The summed E-state index contributed by atoms with van der Waals surface area (Å²) in [6.45, 7) is 0. The molecule has 0 atom stereocenters. The number of rotatable bonds is 4. The van der Waals surface area contributed by atoms with Crippen LogP contribution >= 0.6 is 0 Å². The molecule has 0 spiro atoms. The van der Waals surface area contributed by atoms with E-state index >= 15 is 0 Å². The molecule has 3 rings (SSSR count). The first-order chi connectivity index (χ1) is 10.2. The Morgan fingerprint density at radius 3 is 2.57 bits per heavy atom. The Hall–Kier alpha value is -2.26. The lowest BCUT2D eigenvalue weighted by Crippen LogP contribution is -2.29. The molecular weight excluding hydrogens is 272 g/mol. The molecule has 0 aliphatic heterocycles. The minimum Gasteiger partial charge on any atom is -0.393 e. The van der Waals surface area contributed by atoms with Gasteiger partial charge in [0.05, 0.1) is 6.10 Å². The van der Waals surface area contributed by atoms with E-state index in [4.69, 9.17) is 5.84 Å². The Bertz CT molecular complexity index is 579. The topological polar surface area (TPSA) is 127 Å². The summed E-state index contributed by atoms with van der Waals surface area (Å²) in [6.07, 6.45) is 8.17. The lowest BCUT2D eigenvalue weighted by atomic mass is 9.93. The number of hydrogen-bond donors (Lipinski definition) is 4. The van der Waals surface area contributed by atoms with E-state index in [1.807, 2.05) is 0 Å². The van der Waals surface area contributed by atoms with Crippen molar-refractivity contribution < 1.29 is 5.11 Å². The minimum absolute atomic E-state index is 0.191. The maximum absolute atomic E-state index is 9.54. The van der Waals surface area contributed by atoms with Gasteiger partial charge in [-0.2, -0.15) is 15.0 Å². The van der Waals surface area contributed by atoms with Crippen molar-refractivity contribution in [3.8, 4) is 5.95 Å². The van der Waals surface area contributed by atoms with Crippen LogP contribution in [0.5, 0.6) is 0 Å². The Kier molecular flexibility index (Phi) is 3.93. The third kappa shape index (κ3) is 3.26. The van der Waals surface area contributed by atoms with Crippen LogP contribution in [0.1, 0.15) is 25.7 Å². The van der Waals surface area contributed by atoms with Gasteiger partial charge in [-0.25, -0.2) is 10.8 Å². The molecule has 2 heterocycles. The van der Waals surface area contributed by atoms with E-state index in [9.17, 15) is 5.11 Å². The van der Waals surface area contributed by atoms with Crippen molar-refractivity contribution in [2.75, 3.05) is 10.7 Å². The van der Waals surface area contributed by atoms with Gasteiger partial charge in [0.1, 0.15) is 6.33 Å². The van der Waals surface area contributed by atoms with Gasteiger partial charge in [-0.05, 0) is 25.7 Å². The summed E-state index contributed by atoms with van der Waals surface area (Å²) in [5.41, 5.74) is 2.44. The third-order valence-corrected chi connectivity index (χ3v) is 3.52. The van der Waals surface area contributed by atoms with Crippen molar-refractivity contribution >= 4 is 11.9 Å². The molecule has 1 aliphatic carbocycles. The van der Waals surface area contributed by atoms with Crippen LogP contribution in [0.15, 0.2) is 18.7 Å². The summed E-state index contributed by atoms with van der Waals surface area (Å²) >= 11 is 0. The van der Waals surface area contributed by atoms with E-state index in [1.54, 1.807) is 23.3 Å². The molecule has 21 heavy (non-hydrogen) atoms.